The zero-order chi connectivity index (χ0) is 11.5. The molecule has 0 aliphatic carbocycles. The summed E-state index contributed by atoms with van der Waals surface area (Å²) in [5, 5.41) is 0.550. The molecular formula is C10H5ClINO2S. The van der Waals surface area contributed by atoms with Crippen LogP contribution in [0.2, 0.25) is 5.15 Å². The van der Waals surface area contributed by atoms with Gasteiger partial charge in [-0.3, -0.25) is 4.79 Å². The Bertz CT molecular complexity index is 512. The van der Waals surface area contributed by atoms with Crippen molar-refractivity contribution in [2.75, 3.05) is 0 Å². The minimum Gasteiger partial charge on any atom is -0.431 e. The second-order valence-corrected chi connectivity index (χ2v) is 5.41. The predicted molar refractivity (Wildman–Crippen MR) is 71.7 cm³/mol. The van der Waals surface area contributed by atoms with E-state index in [9.17, 15) is 4.79 Å². The Balaban J connectivity index is 2.20. The van der Waals surface area contributed by atoms with Crippen LogP contribution in [0, 0.1) is 3.57 Å². The molecule has 0 aliphatic heterocycles. The SMILES string of the molecule is O=Cc1sc(Oc2ccc(I)cc2)nc1Cl. The van der Waals surface area contributed by atoms with Gasteiger partial charge >= 0.3 is 0 Å². The molecule has 0 aliphatic rings. The molecule has 6 heteroatoms. The summed E-state index contributed by atoms with van der Waals surface area (Å²) in [6.07, 6.45) is 0.667. The number of ether oxygens (including phenoxy) is 1. The van der Waals surface area contributed by atoms with Crippen molar-refractivity contribution in [1.82, 2.24) is 4.98 Å². The molecule has 0 amide bonds. The van der Waals surface area contributed by atoms with Gasteiger partial charge in [0.15, 0.2) is 11.4 Å². The number of thiazole rings is 1. The minimum absolute atomic E-state index is 0.181. The lowest BCUT2D eigenvalue weighted by Crippen LogP contribution is -1.82. The second kappa shape index (κ2) is 5.11. The van der Waals surface area contributed by atoms with E-state index in [2.05, 4.69) is 27.6 Å². The Hall–Kier alpha value is -0.660. The second-order valence-electron chi connectivity index (χ2n) is 2.81. The van der Waals surface area contributed by atoms with Crippen molar-refractivity contribution in [3.8, 4) is 10.9 Å². The molecule has 0 saturated carbocycles. The van der Waals surface area contributed by atoms with E-state index >= 15 is 0 Å². The lowest BCUT2D eigenvalue weighted by Gasteiger charge is -2.00. The third-order valence-electron chi connectivity index (χ3n) is 1.72. The highest BCUT2D eigenvalue weighted by Crippen LogP contribution is 2.30. The van der Waals surface area contributed by atoms with Crippen molar-refractivity contribution in [3.63, 3.8) is 0 Å². The molecular weight excluding hydrogens is 361 g/mol. The number of carbonyl (C=O) groups excluding carboxylic acids is 1. The molecule has 0 bridgehead atoms. The molecule has 1 heterocycles. The summed E-state index contributed by atoms with van der Waals surface area (Å²) in [5.74, 6) is 0.670. The number of nitrogens with zero attached hydrogens (tertiary/aromatic N) is 1. The number of halogens is 2. The first-order chi connectivity index (χ1) is 7.69. The minimum atomic E-state index is 0.181. The van der Waals surface area contributed by atoms with E-state index in [0.29, 0.717) is 22.1 Å². The fourth-order valence-corrected chi connectivity index (χ4v) is 2.30. The standard InChI is InChI=1S/C10H5ClINO2S/c11-9-8(5-14)16-10(13-9)15-7-3-1-6(12)2-4-7/h1-5H. The summed E-state index contributed by atoms with van der Waals surface area (Å²) in [6, 6.07) is 7.51. The maximum absolute atomic E-state index is 10.6. The van der Waals surface area contributed by atoms with E-state index in [0.717, 1.165) is 14.9 Å². The van der Waals surface area contributed by atoms with Crippen molar-refractivity contribution in [2.45, 2.75) is 0 Å². The summed E-state index contributed by atoms with van der Waals surface area (Å²) >= 11 is 9.05. The number of benzene rings is 1. The maximum atomic E-state index is 10.6. The highest BCUT2D eigenvalue weighted by Gasteiger charge is 2.09. The summed E-state index contributed by atoms with van der Waals surface area (Å²) in [7, 11) is 0. The first kappa shape index (κ1) is 11.8. The Morgan fingerprint density at radius 2 is 2.06 bits per heavy atom. The van der Waals surface area contributed by atoms with Gasteiger partial charge in [-0.15, -0.1) is 0 Å². The molecule has 0 N–H and O–H groups in total. The van der Waals surface area contributed by atoms with Crippen LogP contribution in [-0.4, -0.2) is 11.3 Å². The van der Waals surface area contributed by atoms with Crippen LogP contribution in [-0.2, 0) is 0 Å². The number of carbonyl (C=O) groups is 1. The van der Waals surface area contributed by atoms with E-state index < -0.39 is 0 Å². The Morgan fingerprint density at radius 1 is 1.38 bits per heavy atom. The lowest BCUT2D eigenvalue weighted by molar-refractivity contribution is 0.112. The first-order valence-electron chi connectivity index (χ1n) is 4.24. The molecule has 16 heavy (non-hydrogen) atoms. The van der Waals surface area contributed by atoms with E-state index in [1.807, 2.05) is 24.3 Å². The molecule has 2 rings (SSSR count). The first-order valence-corrected chi connectivity index (χ1v) is 6.51. The highest BCUT2D eigenvalue weighted by molar-refractivity contribution is 14.1. The molecule has 0 saturated heterocycles. The van der Waals surface area contributed by atoms with Crippen LogP contribution in [0.25, 0.3) is 0 Å². The largest absolute Gasteiger partial charge is 0.431 e. The van der Waals surface area contributed by atoms with E-state index in [-0.39, 0.29) is 5.15 Å². The predicted octanol–water partition coefficient (Wildman–Crippen LogP) is 4.01. The van der Waals surface area contributed by atoms with Gasteiger partial charge in [-0.25, -0.2) is 0 Å². The fourth-order valence-electron chi connectivity index (χ4n) is 1.01. The quantitative estimate of drug-likeness (QED) is 0.609. The topological polar surface area (TPSA) is 39.2 Å². The molecule has 3 nitrogen and oxygen atoms in total. The van der Waals surface area contributed by atoms with Crippen LogP contribution in [0.3, 0.4) is 0 Å². The molecule has 1 aromatic heterocycles. The van der Waals surface area contributed by atoms with E-state index in [1.54, 1.807) is 0 Å². The molecule has 1 aromatic carbocycles. The normalized spacial score (nSPS) is 10.1. The van der Waals surface area contributed by atoms with Gasteiger partial charge in [-0.1, -0.05) is 22.9 Å². The van der Waals surface area contributed by atoms with Crippen LogP contribution >= 0.6 is 45.5 Å². The van der Waals surface area contributed by atoms with Crippen LogP contribution in [0.15, 0.2) is 24.3 Å². The number of rotatable bonds is 3. The van der Waals surface area contributed by atoms with Crippen molar-refractivity contribution < 1.29 is 9.53 Å². The van der Waals surface area contributed by atoms with Gasteiger partial charge in [0.25, 0.3) is 5.19 Å². The molecule has 0 spiro atoms. The van der Waals surface area contributed by atoms with Crippen LogP contribution in [0.5, 0.6) is 10.9 Å². The Kier molecular flexibility index (Phi) is 3.78. The molecule has 0 unspecified atom stereocenters. The van der Waals surface area contributed by atoms with Crippen LogP contribution < -0.4 is 4.74 Å². The number of hydrogen-bond donors (Lipinski definition) is 0. The van der Waals surface area contributed by atoms with Gasteiger partial charge in [0, 0.05) is 3.57 Å². The number of aldehydes is 1. The van der Waals surface area contributed by atoms with Crippen LogP contribution in [0.4, 0.5) is 0 Å². The van der Waals surface area contributed by atoms with Gasteiger partial charge in [-0.05, 0) is 46.9 Å². The fraction of sp³-hybridized carbons (Fsp3) is 0. The number of hydrogen-bond acceptors (Lipinski definition) is 4. The lowest BCUT2D eigenvalue weighted by atomic mass is 10.3. The Morgan fingerprint density at radius 3 is 2.62 bits per heavy atom. The zero-order valence-corrected chi connectivity index (χ0v) is 11.5. The molecule has 0 radical (unpaired) electrons. The van der Waals surface area contributed by atoms with Crippen molar-refractivity contribution in [1.29, 1.82) is 0 Å². The summed E-state index contributed by atoms with van der Waals surface area (Å²) in [6.45, 7) is 0. The third-order valence-corrected chi connectivity index (χ3v) is 3.69. The summed E-state index contributed by atoms with van der Waals surface area (Å²) in [4.78, 5) is 14.9. The molecule has 0 fully saturated rings. The summed E-state index contributed by atoms with van der Waals surface area (Å²) < 4.78 is 6.58. The van der Waals surface area contributed by atoms with Crippen molar-refractivity contribution >= 4 is 51.8 Å². The van der Waals surface area contributed by atoms with E-state index in [1.165, 1.54) is 0 Å². The van der Waals surface area contributed by atoms with Gasteiger partial charge in [-0.2, -0.15) is 4.98 Å². The van der Waals surface area contributed by atoms with Crippen LogP contribution in [0.1, 0.15) is 9.67 Å². The van der Waals surface area contributed by atoms with Crippen molar-refractivity contribution in [2.24, 2.45) is 0 Å². The molecule has 82 valence electrons. The monoisotopic (exact) mass is 365 g/mol. The van der Waals surface area contributed by atoms with Gasteiger partial charge in [0.05, 0.1) is 0 Å². The number of aromatic nitrogens is 1. The molecule has 2 aromatic rings. The average molecular weight is 366 g/mol. The highest BCUT2D eigenvalue weighted by atomic mass is 127. The summed E-state index contributed by atoms with van der Waals surface area (Å²) in [5.41, 5.74) is 0. The smallest absolute Gasteiger partial charge is 0.280 e. The van der Waals surface area contributed by atoms with Gasteiger partial charge < -0.3 is 4.74 Å². The third kappa shape index (κ3) is 2.72. The van der Waals surface area contributed by atoms with E-state index in [4.69, 9.17) is 16.3 Å². The van der Waals surface area contributed by atoms with Gasteiger partial charge in [0.1, 0.15) is 10.6 Å². The maximum Gasteiger partial charge on any atom is 0.280 e. The Labute approximate surface area is 115 Å². The zero-order valence-electron chi connectivity index (χ0n) is 7.81. The van der Waals surface area contributed by atoms with Crippen molar-refractivity contribution in [3.05, 3.63) is 37.9 Å². The average Bonchev–Trinajstić information content (AvgIpc) is 2.62. The van der Waals surface area contributed by atoms with Gasteiger partial charge in [0.2, 0.25) is 0 Å². The molecule has 0 atom stereocenters.